The standard InChI is InChI=1S/C21H24O13S2/c1-10-13(33-17(24)31-10)7-29-19(26)35-9-12(16(23)28-5)6-15(22)21(3,4)36-20(27)30-8-14-11(2)32-18(25)34-14/h12H,6-9H2,1-5H3/t12-/m0/s1. The van der Waals surface area contributed by atoms with Gasteiger partial charge in [0, 0.05) is 12.2 Å². The fraction of sp³-hybridized carbons (Fsp3) is 0.524. The number of esters is 1. The van der Waals surface area contributed by atoms with Crippen molar-refractivity contribution >= 4 is 45.9 Å². The Morgan fingerprint density at radius 2 is 1.36 bits per heavy atom. The van der Waals surface area contributed by atoms with Gasteiger partial charge in [-0.05, 0) is 51.2 Å². The zero-order chi connectivity index (χ0) is 27.0. The normalized spacial score (nSPS) is 12.1. The first kappa shape index (κ1) is 29.0. The highest BCUT2D eigenvalue weighted by atomic mass is 32.2. The Kier molecular flexibility index (Phi) is 10.2. The zero-order valence-electron chi connectivity index (χ0n) is 20.0. The average Bonchev–Trinajstić information content (AvgIpc) is 3.30. The number of hydrogen-bond donors (Lipinski definition) is 0. The van der Waals surface area contributed by atoms with E-state index in [-0.39, 0.29) is 48.4 Å². The lowest BCUT2D eigenvalue weighted by Crippen LogP contribution is -2.34. The van der Waals surface area contributed by atoms with E-state index in [1.807, 2.05) is 0 Å². The second kappa shape index (κ2) is 12.7. The molecule has 15 heteroatoms. The van der Waals surface area contributed by atoms with Gasteiger partial charge < -0.3 is 31.9 Å². The minimum atomic E-state index is -1.29. The monoisotopic (exact) mass is 548 g/mol. The Hall–Kier alpha value is -3.20. The van der Waals surface area contributed by atoms with Crippen LogP contribution in [0, 0.1) is 19.8 Å². The Morgan fingerprint density at radius 3 is 1.81 bits per heavy atom. The van der Waals surface area contributed by atoms with Crippen LogP contribution < -0.4 is 11.6 Å². The number of carbonyl (C=O) groups is 4. The van der Waals surface area contributed by atoms with Gasteiger partial charge in [0.1, 0.15) is 5.78 Å². The van der Waals surface area contributed by atoms with Gasteiger partial charge in [-0.3, -0.25) is 9.59 Å². The van der Waals surface area contributed by atoms with Crippen LogP contribution in [0.2, 0.25) is 0 Å². The maximum Gasteiger partial charge on any atom is 0.519 e. The van der Waals surface area contributed by atoms with Crippen molar-refractivity contribution in [2.45, 2.75) is 52.1 Å². The van der Waals surface area contributed by atoms with Crippen LogP contribution in [-0.2, 0) is 37.0 Å². The summed E-state index contributed by atoms with van der Waals surface area (Å²) in [6, 6.07) is 0. The molecule has 2 rings (SSSR count). The van der Waals surface area contributed by atoms with E-state index in [4.69, 9.17) is 23.0 Å². The number of ether oxygens (including phenoxy) is 3. The van der Waals surface area contributed by atoms with Gasteiger partial charge in [0.15, 0.2) is 36.3 Å². The molecule has 36 heavy (non-hydrogen) atoms. The van der Waals surface area contributed by atoms with Gasteiger partial charge in [0.2, 0.25) is 0 Å². The lowest BCUT2D eigenvalue weighted by atomic mass is 9.97. The van der Waals surface area contributed by atoms with E-state index in [9.17, 15) is 28.8 Å². The lowest BCUT2D eigenvalue weighted by molar-refractivity contribution is -0.146. The molecule has 0 unspecified atom stereocenters. The van der Waals surface area contributed by atoms with Crippen molar-refractivity contribution in [3.63, 3.8) is 0 Å². The average molecular weight is 549 g/mol. The zero-order valence-corrected chi connectivity index (χ0v) is 21.7. The summed E-state index contributed by atoms with van der Waals surface area (Å²) in [5, 5.41) is -1.59. The molecular weight excluding hydrogens is 524 g/mol. The maximum atomic E-state index is 12.9. The van der Waals surface area contributed by atoms with Crippen LogP contribution in [0.3, 0.4) is 0 Å². The van der Waals surface area contributed by atoms with Gasteiger partial charge >= 0.3 is 28.2 Å². The summed E-state index contributed by atoms with van der Waals surface area (Å²) in [7, 11) is 1.14. The number of Topliss-reactive ketones (excluding diaryl/α,β-unsaturated/α-hetero) is 1. The highest BCUT2D eigenvalue weighted by molar-refractivity contribution is 8.15. The minimum Gasteiger partial charge on any atom is -0.469 e. The molecule has 198 valence electrons. The van der Waals surface area contributed by atoms with Crippen molar-refractivity contribution in [2.24, 2.45) is 5.92 Å². The number of carbonyl (C=O) groups excluding carboxylic acids is 4. The van der Waals surface area contributed by atoms with Gasteiger partial charge in [-0.15, -0.1) is 0 Å². The third-order valence-electron chi connectivity index (χ3n) is 4.69. The first-order valence-corrected chi connectivity index (χ1v) is 12.1. The van der Waals surface area contributed by atoms with Crippen LogP contribution in [0.4, 0.5) is 9.59 Å². The van der Waals surface area contributed by atoms with E-state index >= 15 is 0 Å². The molecule has 0 N–H and O–H groups in total. The number of aryl methyl sites for hydroxylation is 2. The Balaban J connectivity index is 1.89. The molecule has 0 amide bonds. The van der Waals surface area contributed by atoms with Crippen molar-refractivity contribution in [1.82, 2.24) is 0 Å². The summed E-state index contributed by atoms with van der Waals surface area (Å²) in [5.74, 6) is -3.80. The van der Waals surface area contributed by atoms with Crippen LogP contribution in [-0.4, -0.2) is 40.0 Å². The molecule has 0 saturated heterocycles. The first-order valence-electron chi connectivity index (χ1n) is 10.3. The molecule has 0 aliphatic heterocycles. The van der Waals surface area contributed by atoms with Gasteiger partial charge in [-0.2, -0.15) is 0 Å². The summed E-state index contributed by atoms with van der Waals surface area (Å²) in [6.45, 7) is 5.16. The molecule has 0 aliphatic carbocycles. The molecule has 0 saturated carbocycles. The number of methoxy groups -OCH3 is 1. The van der Waals surface area contributed by atoms with E-state index in [1.54, 1.807) is 0 Å². The Bertz CT molecular complexity index is 1210. The van der Waals surface area contributed by atoms with E-state index in [0.29, 0.717) is 23.5 Å². The first-order chi connectivity index (χ1) is 16.8. The molecule has 0 aliphatic rings. The largest absolute Gasteiger partial charge is 0.519 e. The van der Waals surface area contributed by atoms with Crippen molar-refractivity contribution in [3.05, 3.63) is 44.3 Å². The van der Waals surface area contributed by atoms with E-state index in [0.717, 1.165) is 7.11 Å². The van der Waals surface area contributed by atoms with Crippen LogP contribution in [0.15, 0.2) is 27.3 Å². The predicted octanol–water partition coefficient (Wildman–Crippen LogP) is 3.36. The number of rotatable bonds is 11. The van der Waals surface area contributed by atoms with Crippen molar-refractivity contribution in [1.29, 1.82) is 0 Å². The number of ketones is 1. The van der Waals surface area contributed by atoms with Crippen molar-refractivity contribution < 1.29 is 51.1 Å². The molecule has 2 heterocycles. The highest BCUT2D eigenvalue weighted by Crippen LogP contribution is 2.31. The summed E-state index contributed by atoms with van der Waals surface area (Å²) in [4.78, 5) is 71.4. The molecular formula is C21H24O13S2. The van der Waals surface area contributed by atoms with Gasteiger partial charge in [-0.25, -0.2) is 19.2 Å². The molecule has 0 aromatic carbocycles. The van der Waals surface area contributed by atoms with Gasteiger partial charge in [-0.1, -0.05) is 0 Å². The minimum absolute atomic E-state index is 0.0396. The fourth-order valence-corrected chi connectivity index (χ4v) is 4.08. The van der Waals surface area contributed by atoms with E-state index in [2.05, 4.69) is 8.83 Å². The Labute approximate surface area is 212 Å². The highest BCUT2D eigenvalue weighted by Gasteiger charge is 2.36. The van der Waals surface area contributed by atoms with Crippen LogP contribution >= 0.6 is 23.5 Å². The number of hydrogen-bond acceptors (Lipinski definition) is 15. The quantitative estimate of drug-likeness (QED) is 0.294. The summed E-state index contributed by atoms with van der Waals surface area (Å²) in [6.07, 6.45) is -0.328. The topological polar surface area (TPSA) is 183 Å². The van der Waals surface area contributed by atoms with Crippen molar-refractivity contribution in [3.8, 4) is 0 Å². The van der Waals surface area contributed by atoms with Crippen LogP contribution in [0.1, 0.15) is 43.3 Å². The third kappa shape index (κ3) is 8.48. The van der Waals surface area contributed by atoms with E-state index in [1.165, 1.54) is 27.7 Å². The summed E-state index contributed by atoms with van der Waals surface area (Å²) >= 11 is 1.21. The molecule has 2 aromatic rings. The molecule has 13 nitrogen and oxygen atoms in total. The second-order valence-corrected chi connectivity index (χ2v) is 10.2. The third-order valence-corrected chi connectivity index (χ3v) is 6.64. The van der Waals surface area contributed by atoms with E-state index < -0.39 is 44.7 Å². The fourth-order valence-electron chi connectivity index (χ4n) is 2.61. The van der Waals surface area contributed by atoms with Crippen LogP contribution in [0.25, 0.3) is 0 Å². The summed E-state index contributed by atoms with van der Waals surface area (Å²) < 4.78 is 32.2. The summed E-state index contributed by atoms with van der Waals surface area (Å²) in [5.41, 5.74) is 0. The molecule has 0 fully saturated rings. The molecule has 2 aromatic heterocycles. The number of thioether (sulfide) groups is 2. The molecule has 0 radical (unpaired) electrons. The van der Waals surface area contributed by atoms with Gasteiger partial charge in [0.05, 0.1) is 17.8 Å². The van der Waals surface area contributed by atoms with Gasteiger partial charge in [0.25, 0.3) is 0 Å². The predicted molar refractivity (Wildman–Crippen MR) is 124 cm³/mol. The maximum absolute atomic E-state index is 12.9. The second-order valence-electron chi connectivity index (χ2n) is 7.72. The smallest absolute Gasteiger partial charge is 0.469 e. The lowest BCUT2D eigenvalue weighted by Gasteiger charge is -2.23. The molecule has 0 bridgehead atoms. The molecule has 1 atom stereocenters. The van der Waals surface area contributed by atoms with Crippen LogP contribution in [0.5, 0.6) is 0 Å². The Morgan fingerprint density at radius 1 is 0.861 bits per heavy atom. The molecule has 0 spiro atoms. The van der Waals surface area contributed by atoms with Crippen molar-refractivity contribution in [2.75, 3.05) is 12.9 Å². The SMILES string of the molecule is COC(=O)[C@H](CSC(=O)OCc1oc(=O)oc1C)CC(=O)C(C)(C)SC(=O)OCc1oc(=O)oc1C.